The summed E-state index contributed by atoms with van der Waals surface area (Å²) in [4.78, 5) is 0. The van der Waals surface area contributed by atoms with Crippen molar-refractivity contribution in [2.45, 2.75) is 392 Å². The third-order valence-corrected chi connectivity index (χ3v) is 17.9. The molecule has 2 saturated carbocycles. The summed E-state index contributed by atoms with van der Waals surface area (Å²) >= 11 is 0. The van der Waals surface area contributed by atoms with Gasteiger partial charge in [-0.2, -0.15) is 0 Å². The first kappa shape index (κ1) is 70.9. The minimum absolute atomic E-state index is 0.00375. The van der Waals surface area contributed by atoms with E-state index in [0.29, 0.717) is 18.4 Å². The van der Waals surface area contributed by atoms with Crippen LogP contribution in [-0.4, -0.2) is 70.6 Å². The molecule has 0 aromatic heterocycles. The Hall–Kier alpha value is -0.240. The molecule has 2 aliphatic rings. The molecule has 0 aromatic carbocycles. The highest BCUT2D eigenvalue weighted by Gasteiger charge is 2.41. The van der Waals surface area contributed by atoms with Crippen LogP contribution in [0.1, 0.15) is 361 Å². The molecule has 0 aliphatic heterocycles. The maximum atomic E-state index is 6.98. The van der Waals surface area contributed by atoms with Crippen molar-refractivity contribution in [3.05, 3.63) is 0 Å². The van der Waals surface area contributed by atoms with Crippen molar-refractivity contribution in [3.63, 3.8) is 0 Å². The predicted molar refractivity (Wildman–Crippen MR) is 328 cm³/mol. The van der Waals surface area contributed by atoms with Gasteiger partial charge >= 0.3 is 0 Å². The van der Waals surface area contributed by atoms with Gasteiger partial charge in [-0.1, -0.05) is 310 Å². The van der Waals surface area contributed by atoms with Crippen LogP contribution >= 0.6 is 0 Å². The smallest absolute Gasteiger partial charge is 0.110 e. The van der Waals surface area contributed by atoms with Gasteiger partial charge < -0.3 is 29.4 Å². The van der Waals surface area contributed by atoms with Crippen LogP contribution in [0.2, 0.25) is 0 Å². The minimum atomic E-state index is 0.00375. The molecule has 2 N–H and O–H groups in total. The molecule has 448 valence electrons. The van der Waals surface area contributed by atoms with E-state index in [0.717, 1.165) is 77.8 Å². The maximum absolute atomic E-state index is 6.98. The van der Waals surface area contributed by atoms with E-state index in [1.807, 2.05) is 7.11 Å². The van der Waals surface area contributed by atoms with Gasteiger partial charge in [-0.05, 0) is 63.3 Å². The Morgan fingerprint density at radius 3 is 0.867 bits per heavy atom. The maximum Gasteiger partial charge on any atom is 0.110 e. The molecule has 0 saturated heterocycles. The molecule has 2 fully saturated rings. The number of nitrogens with two attached hydrogens (primary N) is 1. The Kier molecular flexibility index (Phi) is 52.6. The molecule has 0 aromatic rings. The Balaban J connectivity index is 1.86. The molecule has 2 aliphatic carbocycles. The second kappa shape index (κ2) is 55.7. The van der Waals surface area contributed by atoms with Gasteiger partial charge in [0.25, 0.3) is 0 Å². The van der Waals surface area contributed by atoms with E-state index in [4.69, 9.17) is 29.4 Å². The molecule has 0 bridgehead atoms. The van der Waals surface area contributed by atoms with Crippen LogP contribution < -0.4 is 5.73 Å². The van der Waals surface area contributed by atoms with Crippen LogP contribution in [0.25, 0.3) is 0 Å². The summed E-state index contributed by atoms with van der Waals surface area (Å²) in [6, 6.07) is 0. The topological polar surface area (TPSA) is 72.2 Å². The number of ether oxygens (including phenoxy) is 5. The van der Waals surface area contributed by atoms with Crippen LogP contribution in [0.5, 0.6) is 0 Å². The van der Waals surface area contributed by atoms with Crippen LogP contribution in [0.15, 0.2) is 0 Å². The van der Waals surface area contributed by atoms with E-state index in [2.05, 4.69) is 20.8 Å². The van der Waals surface area contributed by atoms with E-state index in [1.165, 1.54) is 289 Å². The number of hydrogen-bond donors (Lipinski definition) is 1. The highest BCUT2D eigenvalue weighted by molar-refractivity contribution is 4.91. The summed E-state index contributed by atoms with van der Waals surface area (Å²) in [6.07, 6.45) is 72.4. The Bertz CT molecular complexity index is 1060. The normalized spacial score (nSPS) is 21.2. The lowest BCUT2D eigenvalue weighted by Crippen LogP contribution is -2.50. The van der Waals surface area contributed by atoms with E-state index in [-0.39, 0.29) is 30.5 Å². The fraction of sp³-hybridized carbons (Fsp3) is 1.00. The SMILES string of the molecule is CCCCCCCCCCCCCCCCCCOC1CC(COC2CC(OC)CCC2CN)CC(OCCCCCCCCCCCCCCCCCC)C1OCCCCCCCCCCCCCCCCCC. The predicted octanol–water partition coefficient (Wildman–Crippen LogP) is 21.5. The monoisotopic (exact) mass is 1060 g/mol. The second-order valence-corrected chi connectivity index (χ2v) is 24.9. The Labute approximate surface area is 470 Å². The summed E-state index contributed by atoms with van der Waals surface area (Å²) in [5.41, 5.74) is 6.32. The summed E-state index contributed by atoms with van der Waals surface area (Å²) in [7, 11) is 1.86. The number of rotatable bonds is 59. The standard InChI is InChI=1S/C69H137NO5/c1-5-8-11-14-17-20-23-26-29-32-35-38-41-44-47-50-55-72-67-58-63(62-75-66-60-65(71-4)54-53-64(66)61-70)59-68(73-56-51-48-45-42-39-36-33-30-27-24-21-18-15-12-9-6-2)69(67)74-57-52-49-46-43-40-37-34-31-28-25-22-19-16-13-10-7-3/h63-69H,5-62,70H2,1-4H3. The first-order valence-electron chi connectivity index (χ1n) is 34.9. The van der Waals surface area contributed by atoms with E-state index < -0.39 is 0 Å². The van der Waals surface area contributed by atoms with E-state index >= 15 is 0 Å². The van der Waals surface area contributed by atoms with Crippen molar-refractivity contribution >= 4 is 0 Å². The van der Waals surface area contributed by atoms with Gasteiger partial charge in [-0.15, -0.1) is 0 Å². The molecular weight excluding hydrogens is 923 g/mol. The molecule has 0 spiro atoms. The largest absolute Gasteiger partial charge is 0.381 e. The second-order valence-electron chi connectivity index (χ2n) is 24.9. The van der Waals surface area contributed by atoms with Crippen molar-refractivity contribution in [1.29, 1.82) is 0 Å². The number of hydrogen-bond acceptors (Lipinski definition) is 6. The molecule has 2 rings (SSSR count). The lowest BCUT2D eigenvalue weighted by atomic mass is 9.82. The zero-order valence-corrected chi connectivity index (χ0v) is 51.7. The van der Waals surface area contributed by atoms with Crippen LogP contribution in [-0.2, 0) is 23.7 Å². The van der Waals surface area contributed by atoms with Crippen LogP contribution in [0.4, 0.5) is 0 Å². The third kappa shape index (κ3) is 42.3. The van der Waals surface area contributed by atoms with Gasteiger partial charge in [0.05, 0.1) is 24.4 Å². The van der Waals surface area contributed by atoms with Crippen molar-refractivity contribution < 1.29 is 23.7 Å². The van der Waals surface area contributed by atoms with Crippen molar-refractivity contribution in [3.8, 4) is 0 Å². The fourth-order valence-electron chi connectivity index (χ4n) is 12.7. The first-order chi connectivity index (χ1) is 37.2. The minimum Gasteiger partial charge on any atom is -0.381 e. The molecule has 0 radical (unpaired) electrons. The first-order valence-corrected chi connectivity index (χ1v) is 34.9. The molecule has 6 nitrogen and oxygen atoms in total. The Morgan fingerprint density at radius 2 is 0.587 bits per heavy atom. The molecule has 5 atom stereocenters. The van der Waals surface area contributed by atoms with Crippen LogP contribution in [0, 0.1) is 11.8 Å². The van der Waals surface area contributed by atoms with Gasteiger partial charge in [0.1, 0.15) is 6.10 Å². The average molecular weight is 1060 g/mol. The zero-order valence-electron chi connectivity index (χ0n) is 51.7. The average Bonchev–Trinajstić information content (AvgIpc) is 3.43. The number of unbranched alkanes of at least 4 members (excludes halogenated alkanes) is 45. The molecule has 6 heteroatoms. The highest BCUT2D eigenvalue weighted by Crippen LogP contribution is 2.35. The van der Waals surface area contributed by atoms with Crippen molar-refractivity contribution in [2.24, 2.45) is 17.6 Å². The zero-order chi connectivity index (χ0) is 53.6. The van der Waals surface area contributed by atoms with Gasteiger partial charge in [0.2, 0.25) is 0 Å². The molecule has 75 heavy (non-hydrogen) atoms. The molecular formula is C69H137NO5. The van der Waals surface area contributed by atoms with E-state index in [1.54, 1.807) is 0 Å². The van der Waals surface area contributed by atoms with Crippen molar-refractivity contribution in [2.75, 3.05) is 40.1 Å². The highest BCUT2D eigenvalue weighted by atomic mass is 16.6. The fourth-order valence-corrected chi connectivity index (χ4v) is 12.7. The number of methoxy groups -OCH3 is 1. The van der Waals surface area contributed by atoms with Gasteiger partial charge in [-0.3, -0.25) is 0 Å². The van der Waals surface area contributed by atoms with Gasteiger partial charge in [-0.25, -0.2) is 0 Å². The lowest BCUT2D eigenvalue weighted by Gasteiger charge is -2.42. The third-order valence-electron chi connectivity index (χ3n) is 17.9. The van der Waals surface area contributed by atoms with Crippen molar-refractivity contribution in [1.82, 2.24) is 0 Å². The van der Waals surface area contributed by atoms with Gasteiger partial charge in [0, 0.05) is 40.0 Å². The quantitative estimate of drug-likeness (QED) is 0.0612. The molecule has 0 heterocycles. The van der Waals surface area contributed by atoms with Gasteiger partial charge in [0.15, 0.2) is 0 Å². The summed E-state index contributed by atoms with van der Waals surface area (Å²) in [5.74, 6) is 0.813. The summed E-state index contributed by atoms with van der Waals surface area (Å²) in [5, 5.41) is 0. The lowest BCUT2D eigenvalue weighted by molar-refractivity contribution is -0.178. The summed E-state index contributed by atoms with van der Waals surface area (Å²) < 4.78 is 33.6. The van der Waals surface area contributed by atoms with Crippen LogP contribution in [0.3, 0.4) is 0 Å². The summed E-state index contributed by atoms with van der Waals surface area (Å²) in [6.45, 7) is 10.9. The molecule has 0 amide bonds. The molecule has 5 unspecified atom stereocenters. The van der Waals surface area contributed by atoms with E-state index in [9.17, 15) is 0 Å². The Morgan fingerprint density at radius 1 is 0.307 bits per heavy atom.